The molecule has 0 saturated carbocycles. The lowest BCUT2D eigenvalue weighted by Crippen LogP contribution is -2.32. The number of ether oxygens (including phenoxy) is 1. The van der Waals surface area contributed by atoms with E-state index in [2.05, 4.69) is 0 Å². The first-order chi connectivity index (χ1) is 10.9. The molecule has 7 nitrogen and oxygen atoms in total. The maximum atomic E-state index is 12.1. The second kappa shape index (κ2) is 6.93. The number of carbonyl (C=O) groups excluding carboxylic acids is 1. The van der Waals surface area contributed by atoms with Gasteiger partial charge in [0.25, 0.3) is 10.0 Å². The maximum Gasteiger partial charge on any atom is 0.421 e. The van der Waals surface area contributed by atoms with E-state index in [-0.39, 0.29) is 6.61 Å². The van der Waals surface area contributed by atoms with Gasteiger partial charge in [0.05, 0.1) is 5.56 Å². The van der Waals surface area contributed by atoms with Crippen LogP contribution in [-0.2, 0) is 21.4 Å². The van der Waals surface area contributed by atoms with Gasteiger partial charge in [-0.25, -0.2) is 22.7 Å². The van der Waals surface area contributed by atoms with Crippen LogP contribution in [0.3, 0.4) is 0 Å². The number of carbonyl (C=O) groups is 2. The van der Waals surface area contributed by atoms with Crippen molar-refractivity contribution in [2.45, 2.75) is 11.5 Å². The summed E-state index contributed by atoms with van der Waals surface area (Å²) in [5, 5.41) is 9.01. The van der Waals surface area contributed by atoms with Crippen LogP contribution >= 0.6 is 0 Å². The molecular formula is C15H13NO6S. The van der Waals surface area contributed by atoms with Gasteiger partial charge in [-0.1, -0.05) is 42.5 Å². The van der Waals surface area contributed by atoms with Gasteiger partial charge in [-0.05, 0) is 17.7 Å². The standard InChI is InChI=1S/C15H13NO6S/c17-14(18)12-8-4-5-9-13(12)23(20,21)16-15(19)22-10-11-6-2-1-3-7-11/h1-9H,10H2,(H,16,19)(H,17,18). The SMILES string of the molecule is O=C(NS(=O)(=O)c1ccccc1C(=O)O)OCc1ccccc1. The number of aromatic carboxylic acids is 1. The third-order valence-corrected chi connectivity index (χ3v) is 4.21. The summed E-state index contributed by atoms with van der Waals surface area (Å²) in [5.41, 5.74) is 0.252. The van der Waals surface area contributed by atoms with Crippen LogP contribution < -0.4 is 4.72 Å². The molecule has 0 saturated heterocycles. The van der Waals surface area contributed by atoms with Crippen LogP contribution in [0.1, 0.15) is 15.9 Å². The molecule has 0 heterocycles. The van der Waals surface area contributed by atoms with E-state index in [4.69, 9.17) is 9.84 Å². The molecule has 0 aromatic heterocycles. The van der Waals surface area contributed by atoms with Crippen LogP contribution in [-0.4, -0.2) is 25.6 Å². The molecule has 0 bridgehead atoms. The van der Waals surface area contributed by atoms with E-state index < -0.39 is 32.5 Å². The zero-order chi connectivity index (χ0) is 16.9. The largest absolute Gasteiger partial charge is 0.478 e. The van der Waals surface area contributed by atoms with Gasteiger partial charge in [0.1, 0.15) is 11.5 Å². The molecule has 0 aliphatic heterocycles. The van der Waals surface area contributed by atoms with Crippen molar-refractivity contribution in [1.82, 2.24) is 4.72 Å². The summed E-state index contributed by atoms with van der Waals surface area (Å²) in [7, 11) is -4.34. The lowest BCUT2D eigenvalue weighted by molar-refractivity contribution is 0.0692. The average molecular weight is 335 g/mol. The number of carboxylic acid groups (broad SMARTS) is 1. The highest BCUT2D eigenvalue weighted by atomic mass is 32.2. The molecule has 8 heteroatoms. The quantitative estimate of drug-likeness (QED) is 0.865. The summed E-state index contributed by atoms with van der Waals surface area (Å²) in [5.74, 6) is -1.41. The topological polar surface area (TPSA) is 110 Å². The van der Waals surface area contributed by atoms with Crippen LogP contribution in [0.4, 0.5) is 4.79 Å². The first-order valence-electron chi connectivity index (χ1n) is 6.46. The molecule has 120 valence electrons. The Kier molecular flexibility index (Phi) is 4.97. The number of sulfonamides is 1. The second-order valence-corrected chi connectivity index (χ2v) is 6.12. The molecule has 0 aliphatic carbocycles. The van der Waals surface area contributed by atoms with Gasteiger partial charge in [0, 0.05) is 0 Å². The first kappa shape index (κ1) is 16.5. The zero-order valence-corrected chi connectivity index (χ0v) is 12.6. The number of amides is 1. The molecule has 2 aromatic carbocycles. The summed E-state index contributed by atoms with van der Waals surface area (Å²) in [6, 6.07) is 13.7. The molecule has 2 rings (SSSR count). The Morgan fingerprint density at radius 3 is 2.26 bits per heavy atom. The summed E-state index contributed by atoms with van der Waals surface area (Å²) in [6.45, 7) is -0.108. The Bertz CT molecular complexity index is 817. The first-order valence-corrected chi connectivity index (χ1v) is 7.94. The third-order valence-electron chi connectivity index (χ3n) is 2.84. The van der Waals surface area contributed by atoms with Crippen LogP contribution in [0.25, 0.3) is 0 Å². The fraction of sp³-hybridized carbons (Fsp3) is 0.0667. The zero-order valence-electron chi connectivity index (χ0n) is 11.8. The minimum Gasteiger partial charge on any atom is -0.478 e. The average Bonchev–Trinajstić information content (AvgIpc) is 2.53. The fourth-order valence-corrected chi connectivity index (χ4v) is 2.89. The highest BCUT2D eigenvalue weighted by Gasteiger charge is 2.24. The number of rotatable bonds is 5. The summed E-state index contributed by atoms with van der Waals surface area (Å²) in [4.78, 5) is 22.2. The Balaban J connectivity index is 2.09. The van der Waals surface area contributed by atoms with Gasteiger partial charge in [-0.2, -0.15) is 0 Å². The number of hydrogen-bond acceptors (Lipinski definition) is 5. The monoisotopic (exact) mass is 335 g/mol. The molecule has 0 fully saturated rings. The predicted molar refractivity (Wildman–Crippen MR) is 80.3 cm³/mol. The Morgan fingerprint density at radius 1 is 1.00 bits per heavy atom. The Hall–Kier alpha value is -2.87. The molecule has 23 heavy (non-hydrogen) atoms. The van der Waals surface area contributed by atoms with Gasteiger partial charge in [-0.3, -0.25) is 0 Å². The van der Waals surface area contributed by atoms with Crippen molar-refractivity contribution in [3.8, 4) is 0 Å². The number of carboxylic acids is 1. The van der Waals surface area contributed by atoms with Gasteiger partial charge >= 0.3 is 12.1 Å². The number of benzene rings is 2. The molecule has 0 aliphatic rings. The van der Waals surface area contributed by atoms with E-state index in [1.54, 1.807) is 35.1 Å². The highest BCUT2D eigenvalue weighted by molar-refractivity contribution is 7.90. The maximum absolute atomic E-state index is 12.1. The highest BCUT2D eigenvalue weighted by Crippen LogP contribution is 2.15. The van der Waals surface area contributed by atoms with E-state index >= 15 is 0 Å². The minimum atomic E-state index is -4.34. The summed E-state index contributed by atoms with van der Waals surface area (Å²) in [6.07, 6.45) is -1.19. The molecule has 1 amide bonds. The van der Waals surface area contributed by atoms with Crippen LogP contribution in [0.15, 0.2) is 59.5 Å². The van der Waals surface area contributed by atoms with Crippen molar-refractivity contribution in [2.24, 2.45) is 0 Å². The Morgan fingerprint density at radius 2 is 1.61 bits per heavy atom. The van der Waals surface area contributed by atoms with E-state index in [0.29, 0.717) is 5.56 Å². The van der Waals surface area contributed by atoms with Gasteiger partial charge in [-0.15, -0.1) is 0 Å². The normalized spacial score (nSPS) is 10.8. The molecule has 0 unspecified atom stereocenters. The lowest BCUT2D eigenvalue weighted by Gasteiger charge is -2.10. The van der Waals surface area contributed by atoms with Crippen molar-refractivity contribution in [3.05, 3.63) is 65.7 Å². The van der Waals surface area contributed by atoms with E-state index in [1.165, 1.54) is 12.1 Å². The van der Waals surface area contributed by atoms with E-state index in [1.807, 2.05) is 0 Å². The lowest BCUT2D eigenvalue weighted by atomic mass is 10.2. The summed E-state index contributed by atoms with van der Waals surface area (Å²) >= 11 is 0. The Labute approximate surface area is 132 Å². The summed E-state index contributed by atoms with van der Waals surface area (Å²) < 4.78 is 30.7. The van der Waals surface area contributed by atoms with E-state index in [0.717, 1.165) is 12.1 Å². The molecule has 2 N–H and O–H groups in total. The smallest absolute Gasteiger partial charge is 0.421 e. The molecule has 0 spiro atoms. The van der Waals surface area contributed by atoms with Crippen LogP contribution in [0.5, 0.6) is 0 Å². The third kappa shape index (κ3) is 4.30. The number of hydrogen-bond donors (Lipinski definition) is 2. The van der Waals surface area contributed by atoms with Gasteiger partial charge < -0.3 is 9.84 Å². The molecule has 0 radical (unpaired) electrons. The molecular weight excluding hydrogens is 322 g/mol. The van der Waals surface area contributed by atoms with Gasteiger partial charge in [0.15, 0.2) is 0 Å². The minimum absolute atomic E-state index is 0.108. The van der Waals surface area contributed by atoms with Crippen molar-refractivity contribution >= 4 is 22.1 Å². The van der Waals surface area contributed by atoms with Crippen molar-refractivity contribution in [2.75, 3.05) is 0 Å². The van der Waals surface area contributed by atoms with Gasteiger partial charge in [0.2, 0.25) is 0 Å². The molecule has 0 atom stereocenters. The van der Waals surface area contributed by atoms with Crippen molar-refractivity contribution in [3.63, 3.8) is 0 Å². The second-order valence-electron chi connectivity index (χ2n) is 4.47. The fourth-order valence-electron chi connectivity index (χ4n) is 1.79. The predicted octanol–water partition coefficient (Wildman–Crippen LogP) is 2.00. The van der Waals surface area contributed by atoms with Crippen LogP contribution in [0.2, 0.25) is 0 Å². The van der Waals surface area contributed by atoms with Crippen molar-refractivity contribution in [1.29, 1.82) is 0 Å². The van der Waals surface area contributed by atoms with Crippen LogP contribution in [0, 0.1) is 0 Å². The van der Waals surface area contributed by atoms with Crippen molar-refractivity contribution < 1.29 is 27.9 Å². The number of nitrogens with one attached hydrogen (secondary N) is 1. The van der Waals surface area contributed by atoms with E-state index in [9.17, 15) is 18.0 Å². The molecule has 2 aromatic rings.